The molecular formula is C20H26N6O2. The number of hydrogen-bond donors (Lipinski definition) is 2. The van der Waals surface area contributed by atoms with Crippen molar-refractivity contribution in [3.63, 3.8) is 0 Å². The lowest BCUT2D eigenvalue weighted by molar-refractivity contribution is 0.0945. The average Bonchev–Trinajstić information content (AvgIpc) is 3.19. The van der Waals surface area contributed by atoms with E-state index in [2.05, 4.69) is 27.9 Å². The lowest BCUT2D eigenvalue weighted by Gasteiger charge is -2.16. The van der Waals surface area contributed by atoms with Gasteiger partial charge in [0, 0.05) is 24.8 Å². The number of rotatable bonds is 6. The Balaban J connectivity index is 1.50. The van der Waals surface area contributed by atoms with Gasteiger partial charge in [-0.05, 0) is 56.4 Å². The molecule has 0 atom stereocenters. The topological polar surface area (TPSA) is 92.1 Å². The first-order chi connectivity index (χ1) is 13.7. The molecule has 8 nitrogen and oxygen atoms in total. The summed E-state index contributed by atoms with van der Waals surface area (Å²) in [6.07, 6.45) is 5.81. The van der Waals surface area contributed by atoms with Crippen LogP contribution in [0.5, 0.6) is 0 Å². The summed E-state index contributed by atoms with van der Waals surface area (Å²) >= 11 is 0. The second-order valence-corrected chi connectivity index (χ2v) is 7.47. The second-order valence-electron chi connectivity index (χ2n) is 7.47. The Hall–Kier alpha value is -2.90. The number of nitrogens with one attached hydrogen (secondary N) is 2. The van der Waals surface area contributed by atoms with E-state index < -0.39 is 0 Å². The van der Waals surface area contributed by atoms with Gasteiger partial charge in [0.05, 0.1) is 11.4 Å². The maximum Gasteiger partial charge on any atom is 0.321 e. The van der Waals surface area contributed by atoms with Crippen LogP contribution in [0.3, 0.4) is 0 Å². The highest BCUT2D eigenvalue weighted by molar-refractivity contribution is 5.93. The van der Waals surface area contributed by atoms with Gasteiger partial charge in [-0.15, -0.1) is 5.10 Å². The van der Waals surface area contributed by atoms with Crippen molar-refractivity contribution in [1.29, 1.82) is 0 Å². The van der Waals surface area contributed by atoms with Crippen LogP contribution >= 0.6 is 0 Å². The number of aromatic nitrogens is 3. The number of hydrogen-bond acceptors (Lipinski definition) is 4. The van der Waals surface area contributed by atoms with E-state index in [1.165, 1.54) is 0 Å². The summed E-state index contributed by atoms with van der Waals surface area (Å²) in [5.74, 6) is -0.147. The molecule has 0 radical (unpaired) electrons. The summed E-state index contributed by atoms with van der Waals surface area (Å²) in [5, 5.41) is 14.3. The van der Waals surface area contributed by atoms with Crippen LogP contribution in [-0.4, -0.2) is 51.0 Å². The molecule has 1 saturated heterocycles. The van der Waals surface area contributed by atoms with Gasteiger partial charge in [-0.25, -0.2) is 9.48 Å². The lowest BCUT2D eigenvalue weighted by Crippen LogP contribution is -2.32. The van der Waals surface area contributed by atoms with Crippen LogP contribution < -0.4 is 10.6 Å². The zero-order valence-electron chi connectivity index (χ0n) is 16.1. The van der Waals surface area contributed by atoms with Crippen LogP contribution in [0.25, 0.3) is 5.69 Å². The molecule has 2 heterocycles. The summed E-state index contributed by atoms with van der Waals surface area (Å²) in [6.45, 7) is 3.70. The van der Waals surface area contributed by atoms with Gasteiger partial charge < -0.3 is 15.5 Å². The van der Waals surface area contributed by atoms with Crippen LogP contribution in [0.15, 0.2) is 24.3 Å². The summed E-state index contributed by atoms with van der Waals surface area (Å²) in [6, 6.07) is 7.70. The fourth-order valence-corrected chi connectivity index (χ4v) is 3.44. The molecule has 1 aliphatic heterocycles. The number of benzene rings is 1. The summed E-state index contributed by atoms with van der Waals surface area (Å²) in [5.41, 5.74) is 2.78. The number of amides is 3. The molecule has 28 heavy (non-hydrogen) atoms. The molecule has 8 heteroatoms. The first-order valence-electron chi connectivity index (χ1n) is 10.1. The van der Waals surface area contributed by atoms with E-state index in [9.17, 15) is 9.59 Å². The second kappa shape index (κ2) is 8.00. The fourth-order valence-electron chi connectivity index (χ4n) is 3.44. The van der Waals surface area contributed by atoms with Crippen molar-refractivity contribution >= 4 is 17.6 Å². The standard InChI is InChI=1S/C20H26N6O2/c1-2-5-17-18(19(27)21-14-6-7-14)23-24-26(17)16-10-8-15(9-11-16)22-20(28)25-12-3-4-13-25/h8-11,14H,2-7,12-13H2,1H3,(H,21,27)(H,22,28). The van der Waals surface area contributed by atoms with Crippen LogP contribution in [0.4, 0.5) is 10.5 Å². The minimum Gasteiger partial charge on any atom is -0.348 e. The number of nitrogens with zero attached hydrogens (tertiary/aromatic N) is 4. The quantitative estimate of drug-likeness (QED) is 0.803. The Morgan fingerprint density at radius 1 is 1.14 bits per heavy atom. The Morgan fingerprint density at radius 3 is 2.50 bits per heavy atom. The van der Waals surface area contributed by atoms with Gasteiger partial charge in [-0.2, -0.15) is 0 Å². The molecule has 1 aromatic heterocycles. The van der Waals surface area contributed by atoms with Crippen molar-refractivity contribution in [3.05, 3.63) is 35.7 Å². The van der Waals surface area contributed by atoms with Crippen molar-refractivity contribution in [2.45, 2.75) is 51.5 Å². The minimum atomic E-state index is -0.147. The van der Waals surface area contributed by atoms with Crippen LogP contribution in [0, 0.1) is 0 Å². The molecule has 1 saturated carbocycles. The largest absolute Gasteiger partial charge is 0.348 e. The number of anilines is 1. The highest BCUT2D eigenvalue weighted by Gasteiger charge is 2.27. The summed E-state index contributed by atoms with van der Waals surface area (Å²) in [7, 11) is 0. The fraction of sp³-hybridized carbons (Fsp3) is 0.500. The molecule has 4 rings (SSSR count). The summed E-state index contributed by atoms with van der Waals surface area (Å²) in [4.78, 5) is 26.5. The van der Waals surface area contributed by atoms with Gasteiger partial charge in [0.2, 0.25) is 0 Å². The van der Waals surface area contributed by atoms with E-state index in [-0.39, 0.29) is 18.0 Å². The SMILES string of the molecule is CCCc1c(C(=O)NC2CC2)nnn1-c1ccc(NC(=O)N2CCCC2)cc1. The van der Waals surface area contributed by atoms with Crippen LogP contribution in [0.2, 0.25) is 0 Å². The van der Waals surface area contributed by atoms with Crippen molar-refractivity contribution in [3.8, 4) is 5.69 Å². The first kappa shape index (κ1) is 18.5. The molecule has 1 aromatic carbocycles. The van der Waals surface area contributed by atoms with E-state index >= 15 is 0 Å². The Kier molecular flexibility index (Phi) is 5.27. The monoisotopic (exact) mass is 382 g/mol. The normalized spacial score (nSPS) is 16.2. The molecule has 2 aromatic rings. The van der Waals surface area contributed by atoms with E-state index in [0.717, 1.165) is 62.3 Å². The highest BCUT2D eigenvalue weighted by Crippen LogP contribution is 2.21. The first-order valence-corrected chi connectivity index (χ1v) is 10.1. The molecule has 2 aliphatic rings. The molecule has 3 amide bonds. The molecule has 2 fully saturated rings. The van der Waals surface area contributed by atoms with E-state index in [4.69, 9.17) is 0 Å². The third-order valence-electron chi connectivity index (χ3n) is 5.13. The summed E-state index contributed by atoms with van der Waals surface area (Å²) < 4.78 is 1.72. The van der Waals surface area contributed by atoms with E-state index in [0.29, 0.717) is 12.1 Å². The Bertz CT molecular complexity index is 850. The molecular weight excluding hydrogens is 356 g/mol. The lowest BCUT2D eigenvalue weighted by atomic mass is 10.2. The number of carbonyl (C=O) groups is 2. The molecule has 148 valence electrons. The molecule has 0 spiro atoms. The third-order valence-corrected chi connectivity index (χ3v) is 5.13. The van der Waals surface area contributed by atoms with Crippen LogP contribution in [0.1, 0.15) is 55.2 Å². The number of carbonyl (C=O) groups excluding carboxylic acids is 2. The maximum atomic E-state index is 12.5. The van der Waals surface area contributed by atoms with E-state index in [1.807, 2.05) is 29.2 Å². The van der Waals surface area contributed by atoms with Crippen molar-refractivity contribution in [1.82, 2.24) is 25.2 Å². The van der Waals surface area contributed by atoms with Gasteiger partial charge in [0.15, 0.2) is 5.69 Å². The zero-order valence-corrected chi connectivity index (χ0v) is 16.1. The van der Waals surface area contributed by atoms with Gasteiger partial charge in [-0.3, -0.25) is 4.79 Å². The molecule has 0 unspecified atom stereocenters. The van der Waals surface area contributed by atoms with Gasteiger partial charge in [-0.1, -0.05) is 18.6 Å². The maximum absolute atomic E-state index is 12.5. The Labute approximate surface area is 164 Å². The number of likely N-dealkylation sites (tertiary alicyclic amines) is 1. The van der Waals surface area contributed by atoms with Gasteiger partial charge >= 0.3 is 6.03 Å². The zero-order chi connectivity index (χ0) is 19.5. The Morgan fingerprint density at radius 2 is 1.86 bits per heavy atom. The molecule has 1 aliphatic carbocycles. The minimum absolute atomic E-state index is 0.0586. The van der Waals surface area contributed by atoms with Gasteiger partial charge in [0.25, 0.3) is 5.91 Å². The van der Waals surface area contributed by atoms with Crippen molar-refractivity contribution in [2.24, 2.45) is 0 Å². The van der Waals surface area contributed by atoms with E-state index in [1.54, 1.807) is 4.68 Å². The molecule has 0 bridgehead atoms. The van der Waals surface area contributed by atoms with Gasteiger partial charge in [0.1, 0.15) is 0 Å². The average molecular weight is 382 g/mol. The van der Waals surface area contributed by atoms with Crippen molar-refractivity contribution in [2.75, 3.05) is 18.4 Å². The van der Waals surface area contributed by atoms with Crippen LogP contribution in [-0.2, 0) is 6.42 Å². The highest BCUT2D eigenvalue weighted by atomic mass is 16.2. The smallest absolute Gasteiger partial charge is 0.321 e. The predicted octanol–water partition coefficient (Wildman–Crippen LogP) is 2.74. The van der Waals surface area contributed by atoms with Crippen molar-refractivity contribution < 1.29 is 9.59 Å². The third kappa shape index (κ3) is 4.00. The number of urea groups is 1. The predicted molar refractivity (Wildman–Crippen MR) is 106 cm³/mol. The molecule has 2 N–H and O–H groups in total.